The molecule has 0 radical (unpaired) electrons. The first kappa shape index (κ1) is 21.9. The van der Waals surface area contributed by atoms with E-state index in [9.17, 15) is 17.6 Å². The number of primary sulfonamides is 1. The lowest BCUT2D eigenvalue weighted by Crippen LogP contribution is -2.27. The van der Waals surface area contributed by atoms with Gasteiger partial charge in [-0.05, 0) is 24.1 Å². The number of rotatable bonds is 6. The van der Waals surface area contributed by atoms with Crippen molar-refractivity contribution in [1.82, 2.24) is 4.98 Å². The van der Waals surface area contributed by atoms with Crippen molar-refractivity contribution in [2.45, 2.75) is 17.6 Å². The molecule has 0 unspecified atom stereocenters. The first-order chi connectivity index (χ1) is 14.1. The van der Waals surface area contributed by atoms with E-state index in [1.807, 2.05) is 0 Å². The van der Waals surface area contributed by atoms with Crippen LogP contribution in [0.15, 0.2) is 46.7 Å². The monoisotopic (exact) mass is 449 g/mol. The number of anilines is 1. The van der Waals surface area contributed by atoms with Crippen LogP contribution in [0.3, 0.4) is 0 Å². The molecule has 0 aliphatic carbocycles. The highest BCUT2D eigenvalue weighted by molar-refractivity contribution is 7.91. The third-order valence-electron chi connectivity index (χ3n) is 4.45. The standard InChI is InChI=1S/C20H20FN3O4S2/c1-12-19(30(22,26)27)29-20(23-12)24(2)17(25)11-13-7-9-14(10-8-13)15-5-4-6-16(21)18(15)28-3/h4-10H,11H2,1-3H3,(H2,22,26,27). The third-order valence-corrected chi connectivity index (χ3v) is 7.24. The Morgan fingerprint density at radius 3 is 2.47 bits per heavy atom. The molecule has 30 heavy (non-hydrogen) atoms. The molecule has 3 rings (SSSR count). The molecule has 10 heteroatoms. The van der Waals surface area contributed by atoms with Gasteiger partial charge in [0.15, 0.2) is 20.9 Å². The second-order valence-corrected chi connectivity index (χ2v) is 9.30. The fourth-order valence-electron chi connectivity index (χ4n) is 2.92. The molecule has 2 N–H and O–H groups in total. The number of likely N-dealkylation sites (N-methyl/N-ethyl adjacent to an activating group) is 1. The molecule has 0 fully saturated rings. The van der Waals surface area contributed by atoms with Gasteiger partial charge in [0.05, 0.1) is 19.2 Å². The van der Waals surface area contributed by atoms with E-state index in [1.165, 1.54) is 32.0 Å². The van der Waals surface area contributed by atoms with E-state index < -0.39 is 15.8 Å². The molecule has 3 aromatic rings. The fraction of sp³-hybridized carbons (Fsp3) is 0.200. The summed E-state index contributed by atoms with van der Waals surface area (Å²) in [6.45, 7) is 1.53. The van der Waals surface area contributed by atoms with Gasteiger partial charge in [-0.2, -0.15) is 0 Å². The number of halogens is 1. The summed E-state index contributed by atoms with van der Waals surface area (Å²) in [6, 6.07) is 11.8. The predicted molar refractivity (Wildman–Crippen MR) is 114 cm³/mol. The Bertz CT molecular complexity index is 1190. The zero-order chi connectivity index (χ0) is 22.1. The molecule has 0 saturated carbocycles. The number of aromatic nitrogens is 1. The number of sulfonamides is 1. The Kier molecular flexibility index (Phi) is 6.20. The number of para-hydroxylation sites is 1. The van der Waals surface area contributed by atoms with Gasteiger partial charge in [-0.15, -0.1) is 0 Å². The molecule has 2 aromatic carbocycles. The van der Waals surface area contributed by atoms with Crippen LogP contribution in [0.4, 0.5) is 9.52 Å². The van der Waals surface area contributed by atoms with E-state index in [1.54, 1.807) is 36.4 Å². The number of amides is 1. The smallest absolute Gasteiger partial charge is 0.249 e. The van der Waals surface area contributed by atoms with Crippen molar-refractivity contribution >= 4 is 32.4 Å². The van der Waals surface area contributed by atoms with Crippen LogP contribution in [-0.2, 0) is 21.2 Å². The van der Waals surface area contributed by atoms with Crippen LogP contribution in [0, 0.1) is 12.7 Å². The van der Waals surface area contributed by atoms with Gasteiger partial charge in [-0.25, -0.2) is 22.9 Å². The molecular weight excluding hydrogens is 429 g/mol. The molecule has 0 atom stereocenters. The second-order valence-electron chi connectivity index (χ2n) is 6.56. The summed E-state index contributed by atoms with van der Waals surface area (Å²) >= 11 is 0.850. The summed E-state index contributed by atoms with van der Waals surface area (Å²) in [5.41, 5.74) is 2.36. The Morgan fingerprint density at radius 2 is 1.90 bits per heavy atom. The molecule has 1 amide bonds. The Hall–Kier alpha value is -2.82. The summed E-state index contributed by atoms with van der Waals surface area (Å²) in [6.07, 6.45) is 0.0837. The van der Waals surface area contributed by atoms with Crippen molar-refractivity contribution in [2.75, 3.05) is 19.1 Å². The molecule has 1 aromatic heterocycles. The van der Waals surface area contributed by atoms with Crippen molar-refractivity contribution < 1.29 is 22.3 Å². The number of hydrogen-bond donors (Lipinski definition) is 1. The highest BCUT2D eigenvalue weighted by Crippen LogP contribution is 2.32. The zero-order valence-electron chi connectivity index (χ0n) is 16.5. The van der Waals surface area contributed by atoms with Gasteiger partial charge in [0, 0.05) is 12.6 Å². The number of thiazole rings is 1. The van der Waals surface area contributed by atoms with Crippen LogP contribution in [0.5, 0.6) is 5.75 Å². The van der Waals surface area contributed by atoms with E-state index in [4.69, 9.17) is 9.88 Å². The molecule has 0 saturated heterocycles. The van der Waals surface area contributed by atoms with E-state index in [-0.39, 0.29) is 33.1 Å². The van der Waals surface area contributed by atoms with Crippen molar-refractivity contribution in [2.24, 2.45) is 5.14 Å². The molecule has 0 aliphatic rings. The molecule has 1 heterocycles. The molecule has 0 aliphatic heterocycles. The number of nitrogens with zero attached hydrogens (tertiary/aromatic N) is 2. The first-order valence-electron chi connectivity index (χ1n) is 8.80. The van der Waals surface area contributed by atoms with Crippen molar-refractivity contribution in [1.29, 1.82) is 0 Å². The van der Waals surface area contributed by atoms with E-state index >= 15 is 0 Å². The number of hydrogen-bond acceptors (Lipinski definition) is 6. The van der Waals surface area contributed by atoms with Crippen LogP contribution in [0.2, 0.25) is 0 Å². The van der Waals surface area contributed by atoms with Gasteiger partial charge in [0.25, 0.3) is 0 Å². The summed E-state index contributed by atoms with van der Waals surface area (Å²) in [5.74, 6) is -0.555. The number of methoxy groups -OCH3 is 1. The molecule has 0 spiro atoms. The van der Waals surface area contributed by atoms with Crippen molar-refractivity contribution in [3.8, 4) is 16.9 Å². The van der Waals surface area contributed by atoms with Gasteiger partial charge in [-0.3, -0.25) is 9.69 Å². The quantitative estimate of drug-likeness (QED) is 0.623. The number of aryl methyl sites for hydroxylation is 1. The lowest BCUT2D eigenvalue weighted by molar-refractivity contribution is -0.117. The van der Waals surface area contributed by atoms with Crippen LogP contribution in [-0.4, -0.2) is 33.5 Å². The van der Waals surface area contributed by atoms with E-state index in [0.29, 0.717) is 5.56 Å². The minimum atomic E-state index is -3.89. The number of nitrogens with two attached hydrogens (primary N) is 1. The molecule has 158 valence electrons. The Labute approximate surface area is 178 Å². The minimum Gasteiger partial charge on any atom is -0.493 e. The SMILES string of the molecule is COc1c(F)cccc1-c1ccc(CC(=O)N(C)c2nc(C)c(S(N)(=O)=O)s2)cc1. The van der Waals surface area contributed by atoms with E-state index in [0.717, 1.165) is 22.5 Å². The van der Waals surface area contributed by atoms with Crippen LogP contribution in [0.1, 0.15) is 11.3 Å². The lowest BCUT2D eigenvalue weighted by atomic mass is 10.0. The Balaban J connectivity index is 1.77. The van der Waals surface area contributed by atoms with Gasteiger partial charge in [-0.1, -0.05) is 47.7 Å². The average molecular weight is 450 g/mol. The largest absolute Gasteiger partial charge is 0.493 e. The van der Waals surface area contributed by atoms with Gasteiger partial charge in [0.2, 0.25) is 15.9 Å². The topological polar surface area (TPSA) is 103 Å². The zero-order valence-corrected chi connectivity index (χ0v) is 18.2. The van der Waals surface area contributed by atoms with Crippen LogP contribution in [0.25, 0.3) is 11.1 Å². The van der Waals surface area contributed by atoms with Crippen molar-refractivity contribution in [3.63, 3.8) is 0 Å². The third kappa shape index (κ3) is 4.50. The molecular formula is C20H20FN3O4S2. The lowest BCUT2D eigenvalue weighted by Gasteiger charge is -2.14. The van der Waals surface area contributed by atoms with Gasteiger partial charge < -0.3 is 4.74 Å². The van der Waals surface area contributed by atoms with E-state index in [2.05, 4.69) is 4.98 Å². The Morgan fingerprint density at radius 1 is 1.23 bits per heavy atom. The summed E-state index contributed by atoms with van der Waals surface area (Å²) in [7, 11) is -0.953. The van der Waals surface area contributed by atoms with Crippen LogP contribution >= 0.6 is 11.3 Å². The number of carbonyl (C=O) groups is 1. The first-order valence-corrected chi connectivity index (χ1v) is 11.2. The normalized spacial score (nSPS) is 11.4. The highest BCUT2D eigenvalue weighted by atomic mass is 32.2. The summed E-state index contributed by atoms with van der Waals surface area (Å²) < 4.78 is 42.2. The molecule has 7 nitrogen and oxygen atoms in total. The highest BCUT2D eigenvalue weighted by Gasteiger charge is 2.22. The maximum Gasteiger partial charge on any atom is 0.249 e. The maximum atomic E-state index is 13.9. The number of ether oxygens (including phenoxy) is 1. The molecule has 0 bridgehead atoms. The van der Waals surface area contributed by atoms with Gasteiger partial charge in [0.1, 0.15) is 0 Å². The van der Waals surface area contributed by atoms with Crippen LogP contribution < -0.4 is 14.8 Å². The van der Waals surface area contributed by atoms with Gasteiger partial charge >= 0.3 is 0 Å². The fourth-order valence-corrected chi connectivity index (χ4v) is 4.85. The maximum absolute atomic E-state index is 13.9. The average Bonchev–Trinajstić information content (AvgIpc) is 3.10. The minimum absolute atomic E-state index is 0.0643. The predicted octanol–water partition coefficient (Wildman–Crippen LogP) is 3.12. The second kappa shape index (κ2) is 8.50. The number of carbonyl (C=O) groups excluding carboxylic acids is 1. The summed E-state index contributed by atoms with van der Waals surface area (Å²) in [5, 5.41) is 5.42. The van der Waals surface area contributed by atoms with Crippen molar-refractivity contribution in [3.05, 3.63) is 59.5 Å². The summed E-state index contributed by atoms with van der Waals surface area (Å²) in [4.78, 5) is 18.1. The number of benzene rings is 2.